The molecule has 0 aromatic heterocycles. The molecule has 0 spiro atoms. The van der Waals surface area contributed by atoms with E-state index in [1.165, 1.54) is 18.2 Å². The van der Waals surface area contributed by atoms with Crippen LogP contribution in [0.5, 0.6) is 0 Å². The van der Waals surface area contributed by atoms with Gasteiger partial charge in [0.1, 0.15) is 11.9 Å². The van der Waals surface area contributed by atoms with Crippen LogP contribution in [-0.4, -0.2) is 23.0 Å². The summed E-state index contributed by atoms with van der Waals surface area (Å²) in [6.45, 7) is 0. The largest absolute Gasteiger partial charge is 0.480 e. The molecule has 22 heavy (non-hydrogen) atoms. The zero-order valence-electron chi connectivity index (χ0n) is 11.4. The lowest BCUT2D eigenvalue weighted by Gasteiger charge is -2.15. The van der Waals surface area contributed by atoms with Gasteiger partial charge in [-0.2, -0.15) is 0 Å². The second-order valence-corrected chi connectivity index (χ2v) is 5.83. The van der Waals surface area contributed by atoms with E-state index in [9.17, 15) is 19.1 Å². The third kappa shape index (κ3) is 4.27. The number of nitrogens with one attached hydrogen (secondary N) is 1. The summed E-state index contributed by atoms with van der Waals surface area (Å²) in [5, 5.41) is 11.7. The van der Waals surface area contributed by atoms with E-state index in [2.05, 4.69) is 27.9 Å². The van der Waals surface area contributed by atoms with E-state index >= 15 is 0 Å². The zero-order valence-corrected chi connectivity index (χ0v) is 13.6. The molecule has 0 radical (unpaired) electrons. The lowest BCUT2D eigenvalue weighted by molar-refractivity contribution is -0.139. The van der Waals surface area contributed by atoms with Gasteiger partial charge in [-0.1, -0.05) is 24.3 Å². The number of carboxylic acid groups (broad SMARTS) is 1. The fourth-order valence-electron chi connectivity index (χ4n) is 1.96. The van der Waals surface area contributed by atoms with Crippen LogP contribution >= 0.6 is 22.6 Å². The van der Waals surface area contributed by atoms with E-state index in [4.69, 9.17) is 0 Å². The van der Waals surface area contributed by atoms with Crippen molar-refractivity contribution in [1.29, 1.82) is 0 Å². The van der Waals surface area contributed by atoms with Gasteiger partial charge in [-0.05, 0) is 52.4 Å². The SMILES string of the molecule is O=C(N[C@H](Cc1ccccc1I)C(=O)O)c1cccc(F)c1. The lowest BCUT2D eigenvalue weighted by atomic mass is 10.1. The number of hydrogen-bond acceptors (Lipinski definition) is 2. The number of aliphatic carboxylic acids is 1. The summed E-state index contributed by atoms with van der Waals surface area (Å²) >= 11 is 2.11. The molecule has 114 valence electrons. The average Bonchev–Trinajstić information content (AvgIpc) is 2.48. The van der Waals surface area contributed by atoms with Gasteiger partial charge in [0, 0.05) is 15.6 Å². The molecule has 0 saturated carbocycles. The fraction of sp³-hybridized carbons (Fsp3) is 0.125. The van der Waals surface area contributed by atoms with Gasteiger partial charge in [-0.25, -0.2) is 9.18 Å². The highest BCUT2D eigenvalue weighted by atomic mass is 127. The Hall–Kier alpha value is -1.96. The number of rotatable bonds is 5. The first-order valence-corrected chi connectivity index (χ1v) is 7.58. The number of carbonyl (C=O) groups is 2. The molecule has 0 fully saturated rings. The molecule has 2 rings (SSSR count). The smallest absolute Gasteiger partial charge is 0.326 e. The maximum Gasteiger partial charge on any atom is 0.326 e. The van der Waals surface area contributed by atoms with E-state index in [1.54, 1.807) is 0 Å². The number of benzene rings is 2. The molecule has 2 aromatic carbocycles. The van der Waals surface area contributed by atoms with Crippen LogP contribution in [0, 0.1) is 9.39 Å². The Labute approximate surface area is 140 Å². The van der Waals surface area contributed by atoms with Crippen LogP contribution in [0.3, 0.4) is 0 Å². The van der Waals surface area contributed by atoms with Crippen molar-refractivity contribution in [2.75, 3.05) is 0 Å². The highest BCUT2D eigenvalue weighted by Gasteiger charge is 2.22. The Morgan fingerprint density at radius 1 is 1.18 bits per heavy atom. The van der Waals surface area contributed by atoms with Crippen LogP contribution in [0.15, 0.2) is 48.5 Å². The van der Waals surface area contributed by atoms with Crippen molar-refractivity contribution >= 4 is 34.5 Å². The highest BCUT2D eigenvalue weighted by Crippen LogP contribution is 2.14. The molecule has 4 nitrogen and oxygen atoms in total. The quantitative estimate of drug-likeness (QED) is 0.742. The minimum absolute atomic E-state index is 0.0917. The molecular formula is C16H13FINO3. The molecule has 0 heterocycles. The van der Waals surface area contributed by atoms with E-state index in [-0.39, 0.29) is 12.0 Å². The molecule has 1 atom stereocenters. The number of halogens is 2. The summed E-state index contributed by atoms with van der Waals surface area (Å²) in [7, 11) is 0. The number of carboxylic acids is 1. The normalized spacial score (nSPS) is 11.7. The Morgan fingerprint density at radius 3 is 2.55 bits per heavy atom. The Morgan fingerprint density at radius 2 is 1.91 bits per heavy atom. The van der Waals surface area contributed by atoms with Crippen LogP contribution in [0.25, 0.3) is 0 Å². The molecule has 6 heteroatoms. The van der Waals surface area contributed by atoms with E-state index in [1.807, 2.05) is 24.3 Å². The molecule has 2 N–H and O–H groups in total. The number of hydrogen-bond donors (Lipinski definition) is 2. The van der Waals surface area contributed by atoms with Gasteiger partial charge in [0.25, 0.3) is 5.91 Å². The van der Waals surface area contributed by atoms with Gasteiger partial charge < -0.3 is 10.4 Å². The molecule has 0 aliphatic heterocycles. The summed E-state index contributed by atoms with van der Waals surface area (Å²) in [5.41, 5.74) is 0.920. The molecular weight excluding hydrogens is 400 g/mol. The third-order valence-electron chi connectivity index (χ3n) is 3.07. The fourth-order valence-corrected chi connectivity index (χ4v) is 2.56. The van der Waals surface area contributed by atoms with Crippen molar-refractivity contribution < 1.29 is 19.1 Å². The predicted octanol–water partition coefficient (Wildman–Crippen LogP) is 2.86. The Kier molecular flexibility index (Phi) is 5.48. The monoisotopic (exact) mass is 413 g/mol. The average molecular weight is 413 g/mol. The first kappa shape index (κ1) is 16.4. The minimum atomic E-state index is -1.13. The van der Waals surface area contributed by atoms with Gasteiger partial charge in [0.05, 0.1) is 0 Å². The van der Waals surface area contributed by atoms with Crippen LogP contribution in [0.2, 0.25) is 0 Å². The van der Waals surface area contributed by atoms with Crippen molar-refractivity contribution in [3.63, 3.8) is 0 Å². The van der Waals surface area contributed by atoms with E-state index in [0.29, 0.717) is 0 Å². The number of carbonyl (C=O) groups excluding carboxylic acids is 1. The highest BCUT2D eigenvalue weighted by molar-refractivity contribution is 14.1. The first-order chi connectivity index (χ1) is 10.5. The van der Waals surface area contributed by atoms with Gasteiger partial charge >= 0.3 is 5.97 Å². The van der Waals surface area contributed by atoms with Crippen molar-refractivity contribution in [1.82, 2.24) is 5.32 Å². The Bertz CT molecular complexity index is 705. The molecule has 1 amide bonds. The molecule has 0 aliphatic rings. The minimum Gasteiger partial charge on any atom is -0.480 e. The third-order valence-corrected chi connectivity index (χ3v) is 4.12. The maximum atomic E-state index is 13.1. The summed E-state index contributed by atoms with van der Waals surface area (Å²) < 4.78 is 14.0. The molecule has 0 aliphatic carbocycles. The molecule has 0 bridgehead atoms. The predicted molar refractivity (Wildman–Crippen MR) is 88.2 cm³/mol. The summed E-state index contributed by atoms with van der Waals surface area (Å²) in [5.74, 6) is -2.29. The van der Waals surface area contributed by atoms with Crippen LogP contribution in [0.1, 0.15) is 15.9 Å². The number of amides is 1. The lowest BCUT2D eigenvalue weighted by Crippen LogP contribution is -2.42. The topological polar surface area (TPSA) is 66.4 Å². The Balaban J connectivity index is 2.14. The molecule has 2 aromatic rings. The van der Waals surface area contributed by atoms with Crippen molar-refractivity contribution in [3.05, 3.63) is 69.0 Å². The van der Waals surface area contributed by atoms with E-state index in [0.717, 1.165) is 15.2 Å². The summed E-state index contributed by atoms with van der Waals surface area (Å²) in [4.78, 5) is 23.4. The second-order valence-electron chi connectivity index (χ2n) is 4.67. The maximum absolute atomic E-state index is 13.1. The van der Waals surface area contributed by atoms with E-state index < -0.39 is 23.7 Å². The second kappa shape index (κ2) is 7.35. The van der Waals surface area contributed by atoms with Gasteiger partial charge in [0.2, 0.25) is 0 Å². The molecule has 0 unspecified atom stereocenters. The van der Waals surface area contributed by atoms with Gasteiger partial charge in [0.15, 0.2) is 0 Å². The van der Waals surface area contributed by atoms with Gasteiger partial charge in [-0.3, -0.25) is 4.79 Å². The summed E-state index contributed by atoms with van der Waals surface area (Å²) in [6.07, 6.45) is 0.162. The first-order valence-electron chi connectivity index (χ1n) is 6.50. The summed E-state index contributed by atoms with van der Waals surface area (Å²) in [6, 6.07) is 11.4. The van der Waals surface area contributed by atoms with Crippen molar-refractivity contribution in [3.8, 4) is 0 Å². The van der Waals surface area contributed by atoms with Crippen LogP contribution < -0.4 is 5.32 Å². The van der Waals surface area contributed by atoms with Crippen LogP contribution in [0.4, 0.5) is 4.39 Å². The standard InChI is InChI=1S/C16H13FINO3/c17-12-6-3-5-11(8-12)15(20)19-14(16(21)22)9-10-4-1-2-7-13(10)18/h1-8,14H,9H2,(H,19,20)(H,21,22)/t14-/m1/s1. The van der Waals surface area contributed by atoms with Crippen LogP contribution in [-0.2, 0) is 11.2 Å². The zero-order chi connectivity index (χ0) is 16.1. The molecule has 0 saturated heterocycles. The van der Waals surface area contributed by atoms with Gasteiger partial charge in [-0.15, -0.1) is 0 Å². The van der Waals surface area contributed by atoms with Crippen molar-refractivity contribution in [2.45, 2.75) is 12.5 Å². The van der Waals surface area contributed by atoms with Crippen molar-refractivity contribution in [2.24, 2.45) is 0 Å².